The molecule has 0 saturated carbocycles. The maximum Gasteiger partial charge on any atom is 0.266 e. The van der Waals surface area contributed by atoms with Crippen LogP contribution in [0.2, 0.25) is 10.0 Å². The fourth-order valence-corrected chi connectivity index (χ4v) is 6.04. The SMILES string of the molecule is O=C(CC1C(=O)Nc2ccccc2N1S(=O)(=O)c1cccc(Cl)c1Cl)NCCc1ccncc1. The molecule has 0 bridgehead atoms. The van der Waals surface area contributed by atoms with Gasteiger partial charge in [-0.25, -0.2) is 8.42 Å². The number of hydrogen-bond acceptors (Lipinski definition) is 5. The lowest BCUT2D eigenvalue weighted by molar-refractivity contribution is -0.125. The van der Waals surface area contributed by atoms with Gasteiger partial charge in [0.1, 0.15) is 10.9 Å². The highest BCUT2D eigenvalue weighted by Gasteiger charge is 2.42. The Morgan fingerprint density at radius 2 is 1.79 bits per heavy atom. The van der Waals surface area contributed by atoms with Gasteiger partial charge in [-0.15, -0.1) is 0 Å². The molecule has 1 aliphatic rings. The number of nitrogens with zero attached hydrogens (tertiary/aromatic N) is 2. The van der Waals surface area contributed by atoms with E-state index in [9.17, 15) is 18.0 Å². The Morgan fingerprint density at radius 1 is 1.06 bits per heavy atom. The second kappa shape index (κ2) is 10.0. The van der Waals surface area contributed by atoms with Crippen molar-refractivity contribution in [2.75, 3.05) is 16.2 Å². The van der Waals surface area contributed by atoms with Crippen LogP contribution in [-0.2, 0) is 26.0 Å². The van der Waals surface area contributed by atoms with Crippen LogP contribution in [0.15, 0.2) is 71.9 Å². The number of aromatic nitrogens is 1. The average molecular weight is 519 g/mol. The number of carbonyl (C=O) groups excluding carboxylic acids is 2. The van der Waals surface area contributed by atoms with Gasteiger partial charge in [0.25, 0.3) is 10.0 Å². The summed E-state index contributed by atoms with van der Waals surface area (Å²) >= 11 is 12.3. The summed E-state index contributed by atoms with van der Waals surface area (Å²) < 4.78 is 28.4. The highest BCUT2D eigenvalue weighted by atomic mass is 35.5. The number of anilines is 2. The Bertz CT molecular complexity index is 1340. The number of nitrogens with one attached hydrogen (secondary N) is 2. The third-order valence-corrected chi connectivity index (χ3v) is 8.10. The van der Waals surface area contributed by atoms with E-state index >= 15 is 0 Å². The highest BCUT2D eigenvalue weighted by Crippen LogP contribution is 2.39. The second-order valence-corrected chi connectivity index (χ2v) is 10.1. The minimum atomic E-state index is -4.35. The van der Waals surface area contributed by atoms with Gasteiger partial charge in [0.15, 0.2) is 0 Å². The van der Waals surface area contributed by atoms with Crippen LogP contribution in [0.3, 0.4) is 0 Å². The number of fused-ring (bicyclic) bond motifs is 1. The summed E-state index contributed by atoms with van der Waals surface area (Å²) in [5.41, 5.74) is 1.52. The van der Waals surface area contributed by atoms with E-state index in [4.69, 9.17) is 23.2 Å². The van der Waals surface area contributed by atoms with E-state index in [1.807, 2.05) is 12.1 Å². The van der Waals surface area contributed by atoms with Crippen molar-refractivity contribution < 1.29 is 18.0 Å². The van der Waals surface area contributed by atoms with E-state index in [0.29, 0.717) is 18.7 Å². The molecule has 8 nitrogen and oxygen atoms in total. The molecule has 3 aromatic rings. The minimum absolute atomic E-state index is 0.0582. The number of sulfonamides is 1. The molecule has 176 valence electrons. The summed E-state index contributed by atoms with van der Waals surface area (Å²) in [6.45, 7) is 0.320. The predicted molar refractivity (Wildman–Crippen MR) is 131 cm³/mol. The zero-order valence-electron chi connectivity index (χ0n) is 17.7. The van der Waals surface area contributed by atoms with Crippen LogP contribution in [0.1, 0.15) is 12.0 Å². The highest BCUT2D eigenvalue weighted by molar-refractivity contribution is 7.93. The molecule has 2 aromatic carbocycles. The summed E-state index contributed by atoms with van der Waals surface area (Å²) in [5.74, 6) is -1.09. The molecular weight excluding hydrogens is 499 g/mol. The number of benzene rings is 2. The Kier molecular flexibility index (Phi) is 7.06. The third-order valence-electron chi connectivity index (χ3n) is 5.30. The van der Waals surface area contributed by atoms with Crippen molar-refractivity contribution in [1.29, 1.82) is 0 Å². The maximum absolute atomic E-state index is 13.7. The van der Waals surface area contributed by atoms with E-state index in [0.717, 1.165) is 9.87 Å². The quantitative estimate of drug-likeness (QED) is 0.496. The molecule has 1 aliphatic heterocycles. The molecule has 0 radical (unpaired) electrons. The predicted octanol–water partition coefficient (Wildman–Crippen LogP) is 3.65. The Balaban J connectivity index is 1.63. The Hall–Kier alpha value is -3.14. The van der Waals surface area contributed by atoms with E-state index < -0.39 is 27.9 Å². The van der Waals surface area contributed by atoms with Crippen molar-refractivity contribution >= 4 is 56.4 Å². The number of hydrogen-bond donors (Lipinski definition) is 2. The maximum atomic E-state index is 13.7. The Morgan fingerprint density at radius 3 is 2.56 bits per heavy atom. The van der Waals surface area contributed by atoms with Crippen molar-refractivity contribution in [1.82, 2.24) is 10.3 Å². The lowest BCUT2D eigenvalue weighted by Gasteiger charge is -2.36. The summed E-state index contributed by atoms with van der Waals surface area (Å²) in [6, 6.07) is 13.0. The van der Waals surface area contributed by atoms with Crippen LogP contribution >= 0.6 is 23.2 Å². The van der Waals surface area contributed by atoms with Crippen LogP contribution in [0, 0.1) is 0 Å². The van der Waals surface area contributed by atoms with Crippen LogP contribution in [0.5, 0.6) is 0 Å². The van der Waals surface area contributed by atoms with Crippen LogP contribution in [0.25, 0.3) is 0 Å². The van der Waals surface area contributed by atoms with Crippen molar-refractivity contribution in [3.05, 3.63) is 82.6 Å². The standard InChI is InChI=1S/C23H20Cl2N4O4S/c24-16-4-3-7-20(22(16)25)34(32,33)29-18-6-2-1-5-17(18)28-23(31)19(29)14-21(30)27-13-10-15-8-11-26-12-9-15/h1-9,11-12,19H,10,13-14H2,(H,27,30)(H,28,31). The summed E-state index contributed by atoms with van der Waals surface area (Å²) in [7, 11) is -4.35. The van der Waals surface area contributed by atoms with E-state index in [1.54, 1.807) is 36.7 Å². The molecule has 1 aromatic heterocycles. The number of pyridine rings is 1. The van der Waals surface area contributed by atoms with Crippen molar-refractivity contribution in [3.8, 4) is 0 Å². The molecule has 11 heteroatoms. The molecule has 0 aliphatic carbocycles. The molecule has 0 saturated heterocycles. The lowest BCUT2D eigenvalue weighted by atomic mass is 10.1. The average Bonchev–Trinajstić information content (AvgIpc) is 2.81. The van der Waals surface area contributed by atoms with E-state index in [2.05, 4.69) is 15.6 Å². The van der Waals surface area contributed by atoms with Crippen LogP contribution in [0.4, 0.5) is 11.4 Å². The Labute approximate surface area is 206 Å². The lowest BCUT2D eigenvalue weighted by Crippen LogP contribution is -2.52. The topological polar surface area (TPSA) is 108 Å². The molecule has 34 heavy (non-hydrogen) atoms. The number of para-hydroxylation sites is 2. The zero-order chi connectivity index (χ0) is 24.3. The van der Waals surface area contributed by atoms with Crippen molar-refractivity contribution in [3.63, 3.8) is 0 Å². The van der Waals surface area contributed by atoms with Crippen molar-refractivity contribution in [2.24, 2.45) is 0 Å². The monoisotopic (exact) mass is 518 g/mol. The third kappa shape index (κ3) is 4.86. The molecule has 2 N–H and O–H groups in total. The van der Waals surface area contributed by atoms with Gasteiger partial charge in [-0.1, -0.05) is 41.4 Å². The van der Waals surface area contributed by atoms with E-state index in [1.165, 1.54) is 18.2 Å². The van der Waals surface area contributed by atoms with Gasteiger partial charge in [0.05, 0.1) is 27.8 Å². The molecule has 1 atom stereocenters. The first-order valence-electron chi connectivity index (χ1n) is 10.3. The first-order chi connectivity index (χ1) is 16.3. The fourth-order valence-electron chi connectivity index (χ4n) is 3.67. The van der Waals surface area contributed by atoms with Gasteiger partial charge in [0, 0.05) is 18.9 Å². The summed E-state index contributed by atoms with van der Waals surface area (Å²) in [6.07, 6.45) is 3.50. The molecule has 2 heterocycles. The second-order valence-electron chi connectivity index (χ2n) is 7.53. The number of carbonyl (C=O) groups is 2. The van der Waals surface area contributed by atoms with E-state index in [-0.39, 0.29) is 27.0 Å². The van der Waals surface area contributed by atoms with Gasteiger partial charge in [-0.05, 0) is 48.4 Å². The largest absolute Gasteiger partial charge is 0.356 e. The molecule has 0 spiro atoms. The molecular formula is C23H20Cl2N4O4S. The summed E-state index contributed by atoms with van der Waals surface area (Å²) in [5, 5.41) is 5.33. The zero-order valence-corrected chi connectivity index (χ0v) is 20.1. The molecule has 1 unspecified atom stereocenters. The molecule has 4 rings (SSSR count). The first kappa shape index (κ1) is 24.0. The fraction of sp³-hybridized carbons (Fsp3) is 0.174. The van der Waals surface area contributed by atoms with Gasteiger partial charge in [-0.3, -0.25) is 18.9 Å². The number of halogens is 2. The van der Waals surface area contributed by atoms with Gasteiger partial charge in [0.2, 0.25) is 11.8 Å². The molecule has 2 amide bonds. The van der Waals surface area contributed by atoms with Crippen LogP contribution < -0.4 is 14.9 Å². The summed E-state index contributed by atoms with van der Waals surface area (Å²) in [4.78, 5) is 29.4. The molecule has 0 fully saturated rings. The van der Waals surface area contributed by atoms with Gasteiger partial charge >= 0.3 is 0 Å². The van der Waals surface area contributed by atoms with Crippen LogP contribution in [-0.4, -0.2) is 37.8 Å². The smallest absolute Gasteiger partial charge is 0.266 e. The van der Waals surface area contributed by atoms with Gasteiger partial charge < -0.3 is 10.6 Å². The normalized spacial score (nSPS) is 15.4. The minimum Gasteiger partial charge on any atom is -0.356 e. The number of amides is 2. The first-order valence-corrected chi connectivity index (χ1v) is 12.5. The van der Waals surface area contributed by atoms with Gasteiger partial charge in [-0.2, -0.15) is 0 Å². The number of rotatable bonds is 7. The van der Waals surface area contributed by atoms with Crippen molar-refractivity contribution in [2.45, 2.75) is 23.8 Å².